The van der Waals surface area contributed by atoms with Crippen LogP contribution in [0.3, 0.4) is 0 Å². The number of benzene rings is 2. The van der Waals surface area contributed by atoms with Gasteiger partial charge in [-0.1, -0.05) is 36.4 Å². The van der Waals surface area contributed by atoms with Gasteiger partial charge in [-0.25, -0.2) is 0 Å². The van der Waals surface area contributed by atoms with Crippen molar-refractivity contribution in [2.45, 2.75) is 6.61 Å². The number of ether oxygens (including phenoxy) is 3. The Kier molecular flexibility index (Phi) is 5.15. The van der Waals surface area contributed by atoms with Crippen molar-refractivity contribution in [3.05, 3.63) is 59.7 Å². The number of carbonyl (C=O) groups excluding carboxylic acids is 1. The number of para-hydroxylation sites is 1. The lowest BCUT2D eigenvalue weighted by atomic mass is 10.2. The Labute approximate surface area is 117 Å². The fraction of sp³-hybridized carbons (Fsp3) is 0.188. The van der Waals surface area contributed by atoms with E-state index in [4.69, 9.17) is 14.2 Å². The van der Waals surface area contributed by atoms with Crippen molar-refractivity contribution in [1.82, 2.24) is 0 Å². The van der Waals surface area contributed by atoms with Crippen molar-refractivity contribution in [2.24, 2.45) is 0 Å². The van der Waals surface area contributed by atoms with Crippen LogP contribution in [0.2, 0.25) is 0 Å². The van der Waals surface area contributed by atoms with E-state index in [9.17, 15) is 4.79 Å². The molecule has 0 amide bonds. The summed E-state index contributed by atoms with van der Waals surface area (Å²) in [5.74, 6) is 0.913. The topological polar surface area (TPSA) is 44.8 Å². The van der Waals surface area contributed by atoms with E-state index in [1.54, 1.807) is 18.2 Å². The van der Waals surface area contributed by atoms with Crippen LogP contribution in [0.1, 0.15) is 15.9 Å². The molecule has 0 aromatic heterocycles. The van der Waals surface area contributed by atoms with Gasteiger partial charge in [-0.05, 0) is 17.7 Å². The number of carbonyl (C=O) groups is 1. The molecule has 0 spiro atoms. The molecular formula is C16H16O4. The number of methoxy groups -OCH3 is 1. The van der Waals surface area contributed by atoms with Crippen LogP contribution < -0.4 is 9.47 Å². The van der Waals surface area contributed by atoms with Gasteiger partial charge in [0.2, 0.25) is 0 Å². The molecule has 0 heterocycles. The lowest BCUT2D eigenvalue weighted by Crippen LogP contribution is -2.05. The second-order valence-electron chi connectivity index (χ2n) is 4.09. The third-order valence-corrected chi connectivity index (χ3v) is 2.75. The maximum atomic E-state index is 11.0. The number of aldehydes is 1. The molecule has 0 saturated carbocycles. The molecule has 0 aliphatic heterocycles. The van der Waals surface area contributed by atoms with E-state index < -0.39 is 0 Å². The molecule has 0 bridgehead atoms. The van der Waals surface area contributed by atoms with Crippen molar-refractivity contribution >= 4 is 6.29 Å². The molecule has 0 radical (unpaired) electrons. The molecule has 0 fully saturated rings. The van der Waals surface area contributed by atoms with Crippen LogP contribution >= 0.6 is 0 Å². The van der Waals surface area contributed by atoms with Crippen LogP contribution in [-0.4, -0.2) is 20.2 Å². The van der Waals surface area contributed by atoms with Crippen LogP contribution in [0.5, 0.6) is 11.5 Å². The standard InChI is InChI=1S/C16H16O4/c1-18-15-9-5-8-14(10-17)16(15)20-12-19-11-13-6-3-2-4-7-13/h2-10H,11-12H2,1H3. The van der Waals surface area contributed by atoms with Gasteiger partial charge in [0, 0.05) is 0 Å². The average Bonchev–Trinajstić information content (AvgIpc) is 2.52. The summed E-state index contributed by atoms with van der Waals surface area (Å²) in [7, 11) is 1.53. The fourth-order valence-corrected chi connectivity index (χ4v) is 1.78. The molecule has 0 unspecified atom stereocenters. The van der Waals surface area contributed by atoms with Crippen LogP contribution in [0, 0.1) is 0 Å². The summed E-state index contributed by atoms with van der Waals surface area (Å²) >= 11 is 0. The molecule has 0 atom stereocenters. The van der Waals surface area contributed by atoms with E-state index in [2.05, 4.69) is 0 Å². The van der Waals surface area contributed by atoms with Gasteiger partial charge < -0.3 is 14.2 Å². The Morgan fingerprint density at radius 3 is 2.55 bits per heavy atom. The highest BCUT2D eigenvalue weighted by Gasteiger charge is 2.09. The minimum Gasteiger partial charge on any atom is -0.493 e. The maximum Gasteiger partial charge on any atom is 0.189 e. The van der Waals surface area contributed by atoms with Crippen LogP contribution in [-0.2, 0) is 11.3 Å². The summed E-state index contributed by atoms with van der Waals surface area (Å²) in [5, 5.41) is 0. The van der Waals surface area contributed by atoms with E-state index in [0.29, 0.717) is 23.7 Å². The summed E-state index contributed by atoms with van der Waals surface area (Å²) in [6, 6.07) is 14.9. The molecule has 0 N–H and O–H groups in total. The van der Waals surface area contributed by atoms with Gasteiger partial charge >= 0.3 is 0 Å². The van der Waals surface area contributed by atoms with Gasteiger partial charge in [0.25, 0.3) is 0 Å². The number of hydrogen-bond acceptors (Lipinski definition) is 4. The minimum atomic E-state index is 0.0517. The lowest BCUT2D eigenvalue weighted by molar-refractivity contribution is 0.00348. The smallest absolute Gasteiger partial charge is 0.189 e. The Hall–Kier alpha value is -2.33. The Bertz CT molecular complexity index is 552. The molecule has 2 aromatic rings. The van der Waals surface area contributed by atoms with E-state index in [1.165, 1.54) is 7.11 Å². The van der Waals surface area contributed by atoms with Crippen molar-refractivity contribution in [3.8, 4) is 11.5 Å². The molecule has 2 rings (SSSR count). The Morgan fingerprint density at radius 2 is 1.85 bits per heavy atom. The van der Waals surface area contributed by atoms with Crippen LogP contribution in [0.15, 0.2) is 48.5 Å². The second kappa shape index (κ2) is 7.31. The Balaban J connectivity index is 1.92. The minimum absolute atomic E-state index is 0.0517. The van der Waals surface area contributed by atoms with E-state index in [-0.39, 0.29) is 6.79 Å². The zero-order valence-corrected chi connectivity index (χ0v) is 11.2. The molecule has 104 valence electrons. The summed E-state index contributed by atoms with van der Waals surface area (Å²) in [4.78, 5) is 11.0. The molecule has 0 aliphatic rings. The highest BCUT2D eigenvalue weighted by atomic mass is 16.7. The highest BCUT2D eigenvalue weighted by Crippen LogP contribution is 2.29. The second-order valence-corrected chi connectivity index (χ2v) is 4.09. The normalized spacial score (nSPS) is 10.1. The molecular weight excluding hydrogens is 256 g/mol. The summed E-state index contributed by atoms with van der Waals surface area (Å²) in [6.45, 7) is 0.502. The van der Waals surface area contributed by atoms with E-state index in [0.717, 1.165) is 11.8 Å². The SMILES string of the molecule is COc1cccc(C=O)c1OCOCc1ccccc1. The third kappa shape index (κ3) is 3.59. The van der Waals surface area contributed by atoms with Crippen LogP contribution in [0.4, 0.5) is 0 Å². The zero-order chi connectivity index (χ0) is 14.2. The number of hydrogen-bond donors (Lipinski definition) is 0. The summed E-state index contributed by atoms with van der Waals surface area (Å²) < 4.78 is 16.1. The quantitative estimate of drug-likeness (QED) is 0.441. The molecule has 2 aromatic carbocycles. The number of rotatable bonds is 7. The van der Waals surface area contributed by atoms with Gasteiger partial charge in [-0.3, -0.25) is 4.79 Å². The first-order chi connectivity index (χ1) is 9.85. The predicted octanol–water partition coefficient (Wildman–Crippen LogP) is 3.06. The fourth-order valence-electron chi connectivity index (χ4n) is 1.78. The van der Waals surface area contributed by atoms with Gasteiger partial charge in [0.1, 0.15) is 0 Å². The van der Waals surface area contributed by atoms with Gasteiger partial charge in [0.15, 0.2) is 24.6 Å². The van der Waals surface area contributed by atoms with Crippen molar-refractivity contribution in [2.75, 3.05) is 13.9 Å². The van der Waals surface area contributed by atoms with E-state index in [1.807, 2.05) is 30.3 Å². The van der Waals surface area contributed by atoms with Gasteiger partial charge in [0.05, 0.1) is 19.3 Å². The summed E-state index contributed by atoms with van der Waals surface area (Å²) in [5.41, 5.74) is 1.50. The maximum absolute atomic E-state index is 11.0. The van der Waals surface area contributed by atoms with E-state index >= 15 is 0 Å². The zero-order valence-electron chi connectivity index (χ0n) is 11.2. The first kappa shape index (κ1) is 14.1. The molecule has 4 nitrogen and oxygen atoms in total. The monoisotopic (exact) mass is 272 g/mol. The van der Waals surface area contributed by atoms with Gasteiger partial charge in [-0.2, -0.15) is 0 Å². The predicted molar refractivity (Wildman–Crippen MR) is 75.1 cm³/mol. The van der Waals surface area contributed by atoms with Crippen molar-refractivity contribution in [1.29, 1.82) is 0 Å². The molecule has 4 heteroatoms. The van der Waals surface area contributed by atoms with Crippen LogP contribution in [0.25, 0.3) is 0 Å². The molecule has 0 aliphatic carbocycles. The largest absolute Gasteiger partial charge is 0.493 e. The average molecular weight is 272 g/mol. The lowest BCUT2D eigenvalue weighted by Gasteiger charge is -2.12. The van der Waals surface area contributed by atoms with Crippen molar-refractivity contribution < 1.29 is 19.0 Å². The highest BCUT2D eigenvalue weighted by molar-refractivity contribution is 5.81. The Morgan fingerprint density at radius 1 is 1.05 bits per heavy atom. The van der Waals surface area contributed by atoms with Gasteiger partial charge in [-0.15, -0.1) is 0 Å². The summed E-state index contributed by atoms with van der Waals surface area (Å²) in [6.07, 6.45) is 0.731. The molecule has 0 saturated heterocycles. The molecule has 20 heavy (non-hydrogen) atoms. The first-order valence-electron chi connectivity index (χ1n) is 6.22. The first-order valence-corrected chi connectivity index (χ1v) is 6.22. The van der Waals surface area contributed by atoms with Crippen molar-refractivity contribution in [3.63, 3.8) is 0 Å². The third-order valence-electron chi connectivity index (χ3n) is 2.75.